The fourth-order valence-electron chi connectivity index (χ4n) is 6.45. The van der Waals surface area contributed by atoms with Crippen LogP contribution in [0.3, 0.4) is 0 Å². The summed E-state index contributed by atoms with van der Waals surface area (Å²) >= 11 is 6.28. The van der Waals surface area contributed by atoms with E-state index in [2.05, 4.69) is 21.6 Å². The molecule has 2 N–H and O–H groups in total. The molecule has 1 heterocycles. The van der Waals surface area contributed by atoms with Crippen molar-refractivity contribution in [3.8, 4) is 0 Å². The summed E-state index contributed by atoms with van der Waals surface area (Å²) in [5.74, 6) is 0.472. The lowest BCUT2D eigenvalue weighted by Crippen LogP contribution is -2.56. The van der Waals surface area contributed by atoms with Crippen molar-refractivity contribution in [3.63, 3.8) is 0 Å². The normalized spacial score (nSPS) is 23.4. The van der Waals surface area contributed by atoms with Crippen LogP contribution in [0.25, 0.3) is 5.57 Å². The molecule has 4 rings (SSSR count). The smallest absolute Gasteiger partial charge is 0.245 e. The number of amides is 2. The van der Waals surface area contributed by atoms with E-state index in [0.29, 0.717) is 5.02 Å². The maximum Gasteiger partial charge on any atom is 0.245 e. The van der Waals surface area contributed by atoms with E-state index in [-0.39, 0.29) is 41.5 Å². The Bertz CT molecular complexity index is 1030. The standard InChI is InChI=1S/C30H42ClN3O3/c1-19(32-3)29(36)33-28(21-9-5-4-6-10-21)30(37)34-16-8-13-24(34)12-7-11-22-17-26(20(2)35)25-15-14-23(31)18-27(22)25/h14-15,17-19,21-22,24,28,32H,4-13,16H2,1-3H3,(H,33,36). The summed E-state index contributed by atoms with van der Waals surface area (Å²) in [4.78, 5) is 40.9. The van der Waals surface area contributed by atoms with Crippen LogP contribution in [0.2, 0.25) is 5.02 Å². The summed E-state index contributed by atoms with van der Waals surface area (Å²) in [5.41, 5.74) is 2.92. The summed E-state index contributed by atoms with van der Waals surface area (Å²) in [5, 5.41) is 6.81. The lowest BCUT2D eigenvalue weighted by Gasteiger charge is -2.35. The number of benzene rings is 1. The van der Waals surface area contributed by atoms with E-state index in [1.807, 2.05) is 25.1 Å². The first-order valence-electron chi connectivity index (χ1n) is 14.1. The summed E-state index contributed by atoms with van der Waals surface area (Å²) in [6, 6.07) is 5.23. The Morgan fingerprint density at radius 3 is 2.54 bits per heavy atom. The van der Waals surface area contributed by atoms with E-state index >= 15 is 0 Å². The number of carbonyl (C=O) groups is 3. The number of hydrogen-bond acceptors (Lipinski definition) is 4. The van der Waals surface area contributed by atoms with Crippen LogP contribution in [-0.4, -0.2) is 54.2 Å². The number of rotatable bonds is 10. The van der Waals surface area contributed by atoms with Crippen molar-refractivity contribution in [3.05, 3.63) is 40.4 Å². The number of halogens is 1. The van der Waals surface area contributed by atoms with Crippen molar-refractivity contribution in [2.24, 2.45) is 5.92 Å². The number of likely N-dealkylation sites (tertiary alicyclic amines) is 1. The zero-order valence-corrected chi connectivity index (χ0v) is 23.3. The molecule has 4 unspecified atom stereocenters. The minimum absolute atomic E-state index is 0.0852. The molecule has 7 heteroatoms. The third-order valence-electron chi connectivity index (χ3n) is 8.67. The van der Waals surface area contributed by atoms with E-state index in [0.717, 1.165) is 81.0 Å². The first-order valence-corrected chi connectivity index (χ1v) is 14.5. The van der Waals surface area contributed by atoms with Gasteiger partial charge in [0.05, 0.1) is 6.04 Å². The van der Waals surface area contributed by atoms with Gasteiger partial charge >= 0.3 is 0 Å². The summed E-state index contributed by atoms with van der Waals surface area (Å²) in [6.07, 6.45) is 12.4. The zero-order valence-electron chi connectivity index (χ0n) is 22.5. The highest BCUT2D eigenvalue weighted by Gasteiger charge is 2.38. The number of allylic oxidation sites excluding steroid dienone is 2. The molecule has 1 saturated heterocycles. The topological polar surface area (TPSA) is 78.5 Å². The Balaban J connectivity index is 1.41. The second-order valence-electron chi connectivity index (χ2n) is 11.1. The maximum absolute atomic E-state index is 13.9. The van der Waals surface area contributed by atoms with Gasteiger partial charge in [-0.2, -0.15) is 0 Å². The molecule has 4 atom stereocenters. The van der Waals surface area contributed by atoms with Gasteiger partial charge in [0.1, 0.15) is 6.04 Å². The highest BCUT2D eigenvalue weighted by molar-refractivity contribution is 6.31. The number of Topliss-reactive ketones (excluding diaryl/α,β-unsaturated/α-hetero) is 1. The highest BCUT2D eigenvalue weighted by atomic mass is 35.5. The molecule has 37 heavy (non-hydrogen) atoms. The molecule has 6 nitrogen and oxygen atoms in total. The van der Waals surface area contributed by atoms with Gasteiger partial charge in [-0.05, 0) is 88.6 Å². The molecular weight excluding hydrogens is 486 g/mol. The lowest BCUT2D eigenvalue weighted by atomic mass is 9.83. The van der Waals surface area contributed by atoms with E-state index in [4.69, 9.17) is 11.6 Å². The van der Waals surface area contributed by atoms with E-state index in [1.54, 1.807) is 14.0 Å². The SMILES string of the molecule is CNC(C)C(=O)NC(C(=O)N1CCCC1CCCC1C=C(C(C)=O)c2ccc(Cl)cc21)C1CCCCC1. The number of nitrogens with zero attached hydrogens (tertiary/aromatic N) is 1. The first-order chi connectivity index (χ1) is 17.8. The van der Waals surface area contributed by atoms with Crippen molar-refractivity contribution in [2.45, 2.75) is 102 Å². The number of nitrogens with one attached hydrogen (secondary N) is 2. The number of ketones is 1. The molecule has 0 spiro atoms. The van der Waals surface area contributed by atoms with Crippen LogP contribution in [0.1, 0.15) is 95.1 Å². The second kappa shape index (κ2) is 12.6. The van der Waals surface area contributed by atoms with Gasteiger partial charge in [-0.1, -0.05) is 49.4 Å². The molecule has 2 aliphatic carbocycles. The van der Waals surface area contributed by atoms with Gasteiger partial charge < -0.3 is 15.5 Å². The monoisotopic (exact) mass is 527 g/mol. The predicted octanol–water partition coefficient (Wildman–Crippen LogP) is 5.24. The Hall–Kier alpha value is -2.18. The molecular formula is C30H42ClN3O3. The number of likely N-dealkylation sites (N-methyl/N-ethyl adjacent to an activating group) is 1. The summed E-state index contributed by atoms with van der Waals surface area (Å²) in [6.45, 7) is 4.21. The quantitative estimate of drug-likeness (QED) is 0.436. The third kappa shape index (κ3) is 6.46. The van der Waals surface area contributed by atoms with Crippen LogP contribution in [0, 0.1) is 5.92 Å². The van der Waals surface area contributed by atoms with Gasteiger partial charge in [-0.15, -0.1) is 0 Å². The maximum atomic E-state index is 13.9. The van der Waals surface area contributed by atoms with E-state index in [1.165, 1.54) is 6.42 Å². The Kier molecular flexibility index (Phi) is 9.46. The Morgan fingerprint density at radius 2 is 1.84 bits per heavy atom. The molecule has 0 radical (unpaired) electrons. The molecule has 0 aromatic heterocycles. The fourth-order valence-corrected chi connectivity index (χ4v) is 6.63. The molecule has 1 aromatic rings. The third-order valence-corrected chi connectivity index (χ3v) is 8.91. The average Bonchev–Trinajstić information content (AvgIpc) is 3.51. The minimum Gasteiger partial charge on any atom is -0.343 e. The molecule has 3 aliphatic rings. The van der Waals surface area contributed by atoms with E-state index < -0.39 is 6.04 Å². The molecule has 1 aromatic carbocycles. The number of carbonyl (C=O) groups excluding carboxylic acids is 3. The van der Waals surface area contributed by atoms with Gasteiger partial charge in [0, 0.05) is 29.1 Å². The van der Waals surface area contributed by atoms with Crippen molar-refractivity contribution in [1.29, 1.82) is 0 Å². The summed E-state index contributed by atoms with van der Waals surface area (Å²) < 4.78 is 0. The van der Waals surface area contributed by atoms with Crippen LogP contribution in [0.5, 0.6) is 0 Å². The van der Waals surface area contributed by atoms with Crippen molar-refractivity contribution >= 4 is 34.8 Å². The van der Waals surface area contributed by atoms with Crippen LogP contribution < -0.4 is 10.6 Å². The zero-order chi connectivity index (χ0) is 26.5. The van der Waals surface area contributed by atoms with Crippen molar-refractivity contribution < 1.29 is 14.4 Å². The van der Waals surface area contributed by atoms with E-state index in [9.17, 15) is 14.4 Å². The molecule has 1 aliphatic heterocycles. The average molecular weight is 528 g/mol. The number of fused-ring (bicyclic) bond motifs is 1. The van der Waals surface area contributed by atoms with Crippen LogP contribution in [0.4, 0.5) is 0 Å². The Labute approximate surface area is 226 Å². The fraction of sp³-hybridized carbons (Fsp3) is 0.633. The van der Waals surface area contributed by atoms with Crippen LogP contribution in [-0.2, 0) is 14.4 Å². The van der Waals surface area contributed by atoms with Gasteiger partial charge in [0.15, 0.2) is 5.78 Å². The largest absolute Gasteiger partial charge is 0.343 e. The van der Waals surface area contributed by atoms with Crippen molar-refractivity contribution in [1.82, 2.24) is 15.5 Å². The highest BCUT2D eigenvalue weighted by Crippen LogP contribution is 2.41. The molecule has 2 amide bonds. The first kappa shape index (κ1) is 27.8. The minimum atomic E-state index is -0.436. The van der Waals surface area contributed by atoms with Gasteiger partial charge in [0.25, 0.3) is 0 Å². The summed E-state index contributed by atoms with van der Waals surface area (Å²) in [7, 11) is 1.77. The molecule has 0 bridgehead atoms. The molecule has 202 valence electrons. The van der Waals surface area contributed by atoms with Crippen LogP contribution >= 0.6 is 11.6 Å². The predicted molar refractivity (Wildman–Crippen MR) is 148 cm³/mol. The van der Waals surface area contributed by atoms with Gasteiger partial charge in [-0.25, -0.2) is 0 Å². The van der Waals surface area contributed by atoms with Crippen molar-refractivity contribution in [2.75, 3.05) is 13.6 Å². The number of hydrogen-bond donors (Lipinski definition) is 2. The second-order valence-corrected chi connectivity index (χ2v) is 11.6. The van der Waals surface area contributed by atoms with Crippen LogP contribution in [0.15, 0.2) is 24.3 Å². The lowest BCUT2D eigenvalue weighted by molar-refractivity contribution is -0.139. The Morgan fingerprint density at radius 1 is 1.08 bits per heavy atom. The van der Waals surface area contributed by atoms with Gasteiger partial charge in [-0.3, -0.25) is 14.4 Å². The molecule has 2 fully saturated rings. The van der Waals surface area contributed by atoms with Gasteiger partial charge in [0.2, 0.25) is 11.8 Å². The molecule has 1 saturated carbocycles.